The van der Waals surface area contributed by atoms with Gasteiger partial charge in [-0.05, 0) is 83.6 Å². The molecule has 0 aliphatic carbocycles. The smallest absolute Gasteiger partial charge is 0.339 e. The van der Waals surface area contributed by atoms with Gasteiger partial charge in [-0.3, -0.25) is 4.79 Å². The molecule has 3 rings (SSSR count). The van der Waals surface area contributed by atoms with E-state index in [-0.39, 0.29) is 33.6 Å². The summed E-state index contributed by atoms with van der Waals surface area (Å²) < 4.78 is 36.8. The van der Waals surface area contributed by atoms with Crippen molar-refractivity contribution < 1.29 is 22.1 Å². The molecular formula is C24H17Cl2IN2O5S. The molecule has 0 bridgehead atoms. The number of nitrogens with zero attached hydrogens (tertiary/aromatic N) is 1. The Hall–Kier alpha value is -2.78. The van der Waals surface area contributed by atoms with E-state index in [1.165, 1.54) is 36.4 Å². The average molecular weight is 643 g/mol. The van der Waals surface area contributed by atoms with Gasteiger partial charge in [-0.25, -0.2) is 0 Å². The molecule has 0 fully saturated rings. The fourth-order valence-electron chi connectivity index (χ4n) is 2.85. The van der Waals surface area contributed by atoms with Gasteiger partial charge in [0.2, 0.25) is 0 Å². The van der Waals surface area contributed by atoms with Crippen LogP contribution < -0.4 is 14.2 Å². The summed E-state index contributed by atoms with van der Waals surface area (Å²) >= 11 is 13.8. The summed E-state index contributed by atoms with van der Waals surface area (Å²) in [6.45, 7) is 1.96. The Bertz CT molecular complexity index is 1440. The zero-order valence-corrected chi connectivity index (χ0v) is 22.6. The molecule has 3 aromatic rings. The van der Waals surface area contributed by atoms with Gasteiger partial charge in [0.1, 0.15) is 16.5 Å². The monoisotopic (exact) mass is 642 g/mol. The average Bonchev–Trinajstić information content (AvgIpc) is 2.82. The summed E-state index contributed by atoms with van der Waals surface area (Å²) in [4.78, 5) is 12.6. The number of hydrogen-bond acceptors (Lipinski definition) is 6. The highest BCUT2D eigenvalue weighted by molar-refractivity contribution is 14.1. The van der Waals surface area contributed by atoms with E-state index in [2.05, 4.69) is 5.32 Å². The summed E-state index contributed by atoms with van der Waals surface area (Å²) in [6, 6.07) is 17.2. The number of halogens is 3. The molecule has 0 aromatic heterocycles. The minimum Gasteiger partial charge on any atom is -0.490 e. The van der Waals surface area contributed by atoms with E-state index < -0.39 is 16.0 Å². The topological polar surface area (TPSA) is 105 Å². The van der Waals surface area contributed by atoms with Crippen LogP contribution >= 0.6 is 45.8 Å². The van der Waals surface area contributed by atoms with Crippen LogP contribution in [0.4, 0.5) is 5.69 Å². The Kier molecular flexibility index (Phi) is 9.02. The maximum atomic E-state index is 12.7. The standard InChI is InChI=1S/C24H17Cl2IN2O5S/c1-2-33-22-12-15(10-16(14-28)24(30)29-17-8-9-19(25)20(26)13-17)11-21(27)23(22)34-35(31,32)18-6-4-3-5-7-18/h3-13H,2H2,1H3,(H,29,30)/b16-10+. The molecule has 3 aromatic carbocycles. The second-order valence-electron chi connectivity index (χ2n) is 6.87. The molecule has 0 unspecified atom stereocenters. The summed E-state index contributed by atoms with van der Waals surface area (Å²) in [5, 5.41) is 12.7. The molecule has 11 heteroatoms. The first-order valence-electron chi connectivity index (χ1n) is 9.98. The quantitative estimate of drug-likeness (QED) is 0.134. The molecule has 0 aliphatic rings. The Morgan fingerprint density at radius 1 is 1.11 bits per heavy atom. The van der Waals surface area contributed by atoms with E-state index in [1.807, 2.05) is 28.7 Å². The zero-order valence-electron chi connectivity index (χ0n) is 18.1. The van der Waals surface area contributed by atoms with Gasteiger partial charge in [-0.2, -0.15) is 13.7 Å². The second kappa shape index (κ2) is 11.8. The van der Waals surface area contributed by atoms with Gasteiger partial charge >= 0.3 is 10.1 Å². The van der Waals surface area contributed by atoms with Crippen molar-refractivity contribution in [1.82, 2.24) is 0 Å². The van der Waals surface area contributed by atoms with Crippen LogP contribution in [0.15, 0.2) is 71.1 Å². The summed E-state index contributed by atoms with van der Waals surface area (Å²) in [6.07, 6.45) is 1.35. The second-order valence-corrected chi connectivity index (χ2v) is 10.4. The van der Waals surface area contributed by atoms with Crippen molar-refractivity contribution in [2.45, 2.75) is 11.8 Å². The number of carbonyl (C=O) groups is 1. The van der Waals surface area contributed by atoms with Gasteiger partial charge in [-0.1, -0.05) is 41.4 Å². The molecule has 0 radical (unpaired) electrons. The highest BCUT2D eigenvalue weighted by Gasteiger charge is 2.22. The molecular weight excluding hydrogens is 626 g/mol. The van der Waals surface area contributed by atoms with Gasteiger partial charge in [-0.15, -0.1) is 0 Å². The van der Waals surface area contributed by atoms with E-state index >= 15 is 0 Å². The minimum atomic E-state index is -4.11. The maximum Gasteiger partial charge on any atom is 0.339 e. The summed E-state index contributed by atoms with van der Waals surface area (Å²) in [7, 11) is -4.11. The first-order chi connectivity index (χ1) is 16.6. The summed E-state index contributed by atoms with van der Waals surface area (Å²) in [5.74, 6) is -0.509. The number of anilines is 1. The van der Waals surface area contributed by atoms with E-state index in [4.69, 9.17) is 32.1 Å². The lowest BCUT2D eigenvalue weighted by molar-refractivity contribution is -0.112. The zero-order chi connectivity index (χ0) is 25.6. The Balaban J connectivity index is 1.93. The number of nitriles is 1. The third kappa shape index (κ3) is 6.89. The van der Waals surface area contributed by atoms with E-state index in [0.717, 1.165) is 0 Å². The van der Waals surface area contributed by atoms with Crippen LogP contribution in [0.5, 0.6) is 11.5 Å². The molecule has 0 heterocycles. The van der Waals surface area contributed by atoms with Crippen molar-refractivity contribution >= 4 is 73.6 Å². The lowest BCUT2D eigenvalue weighted by atomic mass is 10.1. The lowest BCUT2D eigenvalue weighted by Gasteiger charge is -2.14. The molecule has 7 nitrogen and oxygen atoms in total. The maximum absolute atomic E-state index is 12.7. The highest BCUT2D eigenvalue weighted by Crippen LogP contribution is 2.37. The molecule has 0 spiro atoms. The van der Waals surface area contributed by atoms with Gasteiger partial charge in [0.25, 0.3) is 5.91 Å². The van der Waals surface area contributed by atoms with Gasteiger partial charge in [0, 0.05) is 5.69 Å². The van der Waals surface area contributed by atoms with Gasteiger partial charge in [0.15, 0.2) is 11.5 Å². The van der Waals surface area contributed by atoms with Crippen LogP contribution in [0.1, 0.15) is 12.5 Å². The van der Waals surface area contributed by atoms with Crippen LogP contribution in [-0.2, 0) is 14.9 Å². The third-order valence-electron chi connectivity index (χ3n) is 4.41. The fraction of sp³-hybridized carbons (Fsp3) is 0.0833. The molecule has 0 aliphatic heterocycles. The number of amides is 1. The minimum absolute atomic E-state index is 0.00652. The number of ether oxygens (including phenoxy) is 1. The highest BCUT2D eigenvalue weighted by atomic mass is 127. The number of hydrogen-bond donors (Lipinski definition) is 1. The third-order valence-corrected chi connectivity index (χ3v) is 7.19. The molecule has 35 heavy (non-hydrogen) atoms. The van der Waals surface area contributed by atoms with Crippen LogP contribution in [0, 0.1) is 14.9 Å². The first kappa shape index (κ1) is 26.8. The van der Waals surface area contributed by atoms with Crippen LogP contribution in [0.25, 0.3) is 6.08 Å². The number of rotatable bonds is 8. The van der Waals surface area contributed by atoms with Crippen molar-refractivity contribution in [1.29, 1.82) is 5.26 Å². The van der Waals surface area contributed by atoms with Crippen molar-refractivity contribution in [2.24, 2.45) is 0 Å². The normalized spacial score (nSPS) is 11.5. The van der Waals surface area contributed by atoms with Gasteiger partial charge < -0.3 is 14.2 Å². The van der Waals surface area contributed by atoms with Crippen LogP contribution in [0.3, 0.4) is 0 Å². The number of carbonyl (C=O) groups excluding carboxylic acids is 1. The molecule has 0 atom stereocenters. The molecule has 0 saturated carbocycles. The lowest BCUT2D eigenvalue weighted by Crippen LogP contribution is -2.13. The first-order valence-corrected chi connectivity index (χ1v) is 13.2. The van der Waals surface area contributed by atoms with E-state index in [9.17, 15) is 18.5 Å². The van der Waals surface area contributed by atoms with Crippen molar-refractivity contribution in [3.05, 3.63) is 85.4 Å². The van der Waals surface area contributed by atoms with E-state index in [0.29, 0.717) is 19.8 Å². The number of nitrogens with one attached hydrogen (secondary N) is 1. The van der Waals surface area contributed by atoms with Crippen molar-refractivity contribution in [3.63, 3.8) is 0 Å². The van der Waals surface area contributed by atoms with Crippen LogP contribution in [0.2, 0.25) is 10.0 Å². The Morgan fingerprint density at radius 3 is 2.46 bits per heavy atom. The molecule has 1 amide bonds. The summed E-state index contributed by atoms with van der Waals surface area (Å²) in [5.41, 5.74) is 0.605. The fourth-order valence-corrected chi connectivity index (χ4v) is 5.01. The van der Waals surface area contributed by atoms with Crippen molar-refractivity contribution in [3.8, 4) is 17.6 Å². The van der Waals surface area contributed by atoms with E-state index in [1.54, 1.807) is 37.3 Å². The predicted octanol–water partition coefficient (Wildman–Crippen LogP) is 6.31. The van der Waals surface area contributed by atoms with Crippen LogP contribution in [-0.4, -0.2) is 20.9 Å². The van der Waals surface area contributed by atoms with Crippen molar-refractivity contribution in [2.75, 3.05) is 11.9 Å². The van der Waals surface area contributed by atoms with Gasteiger partial charge in [0.05, 0.1) is 20.2 Å². The number of benzene rings is 3. The molecule has 180 valence electrons. The molecule has 1 N–H and O–H groups in total. The molecule has 0 saturated heterocycles. The largest absolute Gasteiger partial charge is 0.490 e. The predicted molar refractivity (Wildman–Crippen MR) is 143 cm³/mol. The Morgan fingerprint density at radius 2 is 1.83 bits per heavy atom. The SMILES string of the molecule is CCOc1cc(/C=C(\C#N)C(=O)Nc2ccc(Cl)c(Cl)c2)cc(I)c1OS(=O)(=O)c1ccccc1. The Labute approximate surface area is 226 Å².